The van der Waals surface area contributed by atoms with Crippen LogP contribution in [0.1, 0.15) is 42.8 Å². The monoisotopic (exact) mass is 379 g/mol. The fraction of sp³-hybridized carbons (Fsp3) is 0.409. The quantitative estimate of drug-likeness (QED) is 0.625. The van der Waals surface area contributed by atoms with Crippen molar-refractivity contribution in [3.63, 3.8) is 0 Å². The minimum Gasteiger partial charge on any atom is -0.352 e. The smallest absolute Gasteiger partial charge is 0.220 e. The van der Waals surface area contributed by atoms with Crippen molar-refractivity contribution in [3.8, 4) is 11.3 Å². The second-order valence-corrected chi connectivity index (χ2v) is 7.67. The first-order valence-electron chi connectivity index (χ1n) is 9.82. The minimum atomic E-state index is 0.0630. The number of H-pyrrole nitrogens is 1. The molecule has 0 aliphatic carbocycles. The van der Waals surface area contributed by atoms with E-state index in [1.54, 1.807) is 6.20 Å². The predicted octanol–water partition coefficient (Wildman–Crippen LogP) is 3.80. The van der Waals surface area contributed by atoms with Gasteiger partial charge in [0.2, 0.25) is 5.91 Å². The summed E-state index contributed by atoms with van der Waals surface area (Å²) in [5.41, 5.74) is 6.54. The van der Waals surface area contributed by atoms with Crippen molar-refractivity contribution in [2.45, 2.75) is 53.6 Å². The van der Waals surface area contributed by atoms with Gasteiger partial charge in [-0.2, -0.15) is 10.2 Å². The van der Waals surface area contributed by atoms with Crippen LogP contribution in [0.5, 0.6) is 0 Å². The molecule has 28 heavy (non-hydrogen) atoms. The van der Waals surface area contributed by atoms with E-state index in [0.29, 0.717) is 18.9 Å². The van der Waals surface area contributed by atoms with Crippen molar-refractivity contribution < 1.29 is 4.79 Å². The number of amides is 1. The molecule has 0 aliphatic rings. The van der Waals surface area contributed by atoms with E-state index in [9.17, 15) is 4.79 Å². The Balaban J connectivity index is 1.50. The third-order valence-corrected chi connectivity index (χ3v) is 4.93. The van der Waals surface area contributed by atoms with Crippen LogP contribution in [0.4, 0.5) is 0 Å². The molecular weight excluding hydrogens is 350 g/mol. The molecule has 1 amide bonds. The number of carbonyl (C=O) groups is 1. The molecule has 1 aromatic carbocycles. The lowest BCUT2D eigenvalue weighted by molar-refractivity contribution is -0.121. The molecule has 0 aliphatic heterocycles. The second-order valence-electron chi connectivity index (χ2n) is 7.67. The molecular formula is C22H29N5O. The molecule has 6 heteroatoms. The Morgan fingerprint density at radius 2 is 1.93 bits per heavy atom. The topological polar surface area (TPSA) is 75.6 Å². The van der Waals surface area contributed by atoms with E-state index < -0.39 is 0 Å². The van der Waals surface area contributed by atoms with Gasteiger partial charge >= 0.3 is 0 Å². The van der Waals surface area contributed by atoms with Gasteiger partial charge in [0.05, 0.1) is 11.4 Å². The number of carbonyl (C=O) groups excluding carboxylic acids is 1. The largest absolute Gasteiger partial charge is 0.352 e. The molecule has 0 unspecified atom stereocenters. The maximum absolute atomic E-state index is 12.3. The summed E-state index contributed by atoms with van der Waals surface area (Å²) in [6.07, 6.45) is 2.93. The maximum atomic E-state index is 12.3. The van der Waals surface area contributed by atoms with Gasteiger partial charge in [-0.3, -0.25) is 14.6 Å². The van der Waals surface area contributed by atoms with Crippen molar-refractivity contribution in [2.75, 3.05) is 0 Å². The van der Waals surface area contributed by atoms with Crippen LogP contribution in [-0.4, -0.2) is 25.9 Å². The first-order chi connectivity index (χ1) is 13.4. The van der Waals surface area contributed by atoms with Gasteiger partial charge in [-0.1, -0.05) is 38.1 Å². The number of aromatic nitrogens is 4. The van der Waals surface area contributed by atoms with Crippen LogP contribution in [0.2, 0.25) is 0 Å². The zero-order valence-corrected chi connectivity index (χ0v) is 17.1. The molecule has 0 radical (unpaired) electrons. The van der Waals surface area contributed by atoms with E-state index in [-0.39, 0.29) is 5.91 Å². The number of hydrogen-bond acceptors (Lipinski definition) is 3. The number of rotatable bonds is 8. The Morgan fingerprint density at radius 1 is 1.18 bits per heavy atom. The molecule has 0 saturated carbocycles. The molecule has 0 spiro atoms. The molecule has 2 heterocycles. The van der Waals surface area contributed by atoms with Gasteiger partial charge in [0, 0.05) is 31.4 Å². The molecule has 2 aromatic heterocycles. The SMILES string of the molecule is Cc1nn(CC(C)C)c(C)c1CCC(=O)NCc1ccc(-c2ccn[nH]2)cc1. The summed E-state index contributed by atoms with van der Waals surface area (Å²) >= 11 is 0. The van der Waals surface area contributed by atoms with Gasteiger partial charge in [-0.25, -0.2) is 0 Å². The van der Waals surface area contributed by atoms with Crippen LogP contribution in [0.3, 0.4) is 0 Å². The summed E-state index contributed by atoms with van der Waals surface area (Å²) in [5.74, 6) is 0.613. The van der Waals surface area contributed by atoms with E-state index in [0.717, 1.165) is 35.5 Å². The van der Waals surface area contributed by atoms with Crippen molar-refractivity contribution >= 4 is 5.91 Å². The number of nitrogens with one attached hydrogen (secondary N) is 2. The molecule has 3 rings (SSSR count). The molecule has 148 valence electrons. The summed E-state index contributed by atoms with van der Waals surface area (Å²) in [4.78, 5) is 12.3. The van der Waals surface area contributed by atoms with E-state index in [1.165, 1.54) is 11.3 Å². The van der Waals surface area contributed by atoms with Crippen LogP contribution >= 0.6 is 0 Å². The van der Waals surface area contributed by atoms with Gasteiger partial charge < -0.3 is 5.32 Å². The number of nitrogens with zero attached hydrogens (tertiary/aromatic N) is 3. The first-order valence-corrected chi connectivity index (χ1v) is 9.82. The van der Waals surface area contributed by atoms with E-state index >= 15 is 0 Å². The molecule has 0 bridgehead atoms. The zero-order valence-electron chi connectivity index (χ0n) is 17.1. The van der Waals surface area contributed by atoms with Gasteiger partial charge in [-0.05, 0) is 48.9 Å². The number of benzene rings is 1. The lowest BCUT2D eigenvalue weighted by atomic mass is 10.1. The standard InChI is InChI=1S/C22H29N5O/c1-15(2)14-27-17(4)20(16(3)26-27)9-10-22(28)23-13-18-5-7-19(8-6-18)21-11-12-24-25-21/h5-8,11-12,15H,9-10,13-14H2,1-4H3,(H,23,28)(H,24,25). The summed E-state index contributed by atoms with van der Waals surface area (Å²) in [6.45, 7) is 9.94. The third kappa shape index (κ3) is 4.88. The predicted molar refractivity (Wildman–Crippen MR) is 111 cm³/mol. The summed E-state index contributed by atoms with van der Waals surface area (Å²) < 4.78 is 2.06. The number of hydrogen-bond donors (Lipinski definition) is 2. The fourth-order valence-electron chi connectivity index (χ4n) is 3.37. The highest BCUT2D eigenvalue weighted by atomic mass is 16.1. The highest BCUT2D eigenvalue weighted by Gasteiger charge is 2.13. The summed E-state index contributed by atoms with van der Waals surface area (Å²) in [5, 5.41) is 14.6. The maximum Gasteiger partial charge on any atom is 0.220 e. The second kappa shape index (κ2) is 8.87. The lowest BCUT2D eigenvalue weighted by Gasteiger charge is -2.08. The van der Waals surface area contributed by atoms with Gasteiger partial charge in [-0.15, -0.1) is 0 Å². The Bertz CT molecular complexity index is 907. The fourth-order valence-corrected chi connectivity index (χ4v) is 3.37. The van der Waals surface area contributed by atoms with Crippen molar-refractivity contribution in [1.82, 2.24) is 25.3 Å². The van der Waals surface area contributed by atoms with Crippen LogP contribution in [0.25, 0.3) is 11.3 Å². The van der Waals surface area contributed by atoms with Crippen molar-refractivity contribution in [3.05, 3.63) is 59.0 Å². The molecule has 2 N–H and O–H groups in total. The van der Waals surface area contributed by atoms with Gasteiger partial charge in [0.25, 0.3) is 0 Å². The Hall–Kier alpha value is -2.89. The van der Waals surface area contributed by atoms with E-state index in [1.807, 2.05) is 37.3 Å². The number of aryl methyl sites for hydroxylation is 1. The van der Waals surface area contributed by atoms with Crippen LogP contribution < -0.4 is 5.32 Å². The number of aromatic amines is 1. The average molecular weight is 380 g/mol. The molecule has 0 fully saturated rings. The Morgan fingerprint density at radius 3 is 2.57 bits per heavy atom. The summed E-state index contributed by atoms with van der Waals surface area (Å²) in [6, 6.07) is 10.1. The average Bonchev–Trinajstić information content (AvgIpc) is 3.28. The zero-order chi connectivity index (χ0) is 20.1. The molecule has 0 saturated heterocycles. The van der Waals surface area contributed by atoms with Crippen LogP contribution in [0, 0.1) is 19.8 Å². The Labute approximate surface area is 166 Å². The highest BCUT2D eigenvalue weighted by Crippen LogP contribution is 2.18. The third-order valence-electron chi connectivity index (χ3n) is 4.93. The first kappa shape index (κ1) is 19.9. The molecule has 6 nitrogen and oxygen atoms in total. The van der Waals surface area contributed by atoms with Crippen LogP contribution in [-0.2, 0) is 24.3 Å². The lowest BCUT2D eigenvalue weighted by Crippen LogP contribution is -2.23. The van der Waals surface area contributed by atoms with E-state index in [4.69, 9.17) is 0 Å². The molecule has 3 aromatic rings. The minimum absolute atomic E-state index is 0.0630. The normalized spacial score (nSPS) is 11.2. The van der Waals surface area contributed by atoms with Gasteiger partial charge in [0.1, 0.15) is 0 Å². The van der Waals surface area contributed by atoms with Crippen molar-refractivity contribution in [1.29, 1.82) is 0 Å². The Kier molecular flexibility index (Phi) is 6.29. The van der Waals surface area contributed by atoms with E-state index in [2.05, 4.69) is 46.1 Å². The summed E-state index contributed by atoms with van der Waals surface area (Å²) in [7, 11) is 0. The highest BCUT2D eigenvalue weighted by molar-refractivity contribution is 5.76. The van der Waals surface area contributed by atoms with Crippen molar-refractivity contribution in [2.24, 2.45) is 5.92 Å². The molecule has 0 atom stereocenters. The van der Waals surface area contributed by atoms with Crippen LogP contribution in [0.15, 0.2) is 36.5 Å². The van der Waals surface area contributed by atoms with Gasteiger partial charge in [0.15, 0.2) is 0 Å².